The first-order chi connectivity index (χ1) is 28.6. The van der Waals surface area contributed by atoms with Gasteiger partial charge in [0.2, 0.25) is 29.1 Å². The molecule has 0 atom stereocenters. The smallest absolute Gasteiger partial charge is 0.744 e. The summed E-state index contributed by atoms with van der Waals surface area (Å²) in [5, 5.41) is 42.1. The summed E-state index contributed by atoms with van der Waals surface area (Å²) in [6.07, 6.45) is -1.04. The molecular weight excluding hydrogens is 948 g/mol. The molecule has 0 amide bonds. The van der Waals surface area contributed by atoms with Crippen LogP contribution in [0.15, 0.2) is 91.6 Å². The number of azo groups is 1. The number of fused-ring (bicyclic) bond motifs is 1. The third kappa shape index (κ3) is 13.8. The number of morpholine rings is 1. The first-order valence-corrected chi connectivity index (χ1v) is 20.5. The Kier molecular flexibility index (Phi) is 19.2. The molecule has 0 aliphatic carbocycles. The van der Waals surface area contributed by atoms with Crippen LogP contribution >= 0.6 is 23.6 Å². The molecule has 7 rings (SSSR count). The first-order valence-electron chi connectivity index (χ1n) is 16.6. The van der Waals surface area contributed by atoms with Crippen molar-refractivity contribution in [3.05, 3.63) is 78.1 Å². The number of aromatic nitrogens is 6. The number of rotatable bonds is 14. The zero-order valence-corrected chi connectivity index (χ0v) is 41.9. The molecule has 1 saturated heterocycles. The van der Waals surface area contributed by atoms with E-state index in [1.54, 1.807) is 17.0 Å². The van der Waals surface area contributed by atoms with Gasteiger partial charge >= 0.3 is 94.8 Å². The van der Waals surface area contributed by atoms with Crippen molar-refractivity contribution in [2.24, 2.45) is 10.2 Å². The van der Waals surface area contributed by atoms with Crippen LogP contribution in [-0.4, -0.2) is 87.3 Å². The Labute approximate surface area is 431 Å². The van der Waals surface area contributed by atoms with Gasteiger partial charge in [0, 0.05) is 35.5 Å². The van der Waals surface area contributed by atoms with Gasteiger partial charge in [-0.05, 0) is 71.6 Å². The van der Waals surface area contributed by atoms with Crippen LogP contribution in [0.5, 0.6) is 5.75 Å². The number of phenols is 1. The average molecular weight is 971 g/mol. The Hall–Kier alpha value is -3.01. The maximum absolute atomic E-state index is 14.4. The van der Waals surface area contributed by atoms with E-state index in [2.05, 4.69) is 65.5 Å². The molecule has 0 unspecified atom stereocenters. The number of ether oxygens (including phenoxy) is 1. The summed E-state index contributed by atoms with van der Waals surface area (Å²) in [5.41, 5.74) is -0.490. The van der Waals surface area contributed by atoms with E-state index < -0.39 is 47.5 Å². The predicted octanol–water partition coefficient (Wildman–Crippen LogP) is -4.76. The van der Waals surface area contributed by atoms with Crippen molar-refractivity contribution in [2.45, 2.75) is 14.7 Å². The van der Waals surface area contributed by atoms with Gasteiger partial charge < -0.3 is 45.1 Å². The summed E-state index contributed by atoms with van der Waals surface area (Å²) < 4.78 is 95.5. The number of hydrogen-bond acceptors (Lipinski definition) is 24. The molecule has 0 saturated carbocycles. The van der Waals surface area contributed by atoms with Crippen molar-refractivity contribution in [3.63, 3.8) is 0 Å². The Morgan fingerprint density at radius 2 is 1.43 bits per heavy atom. The molecule has 1 aliphatic rings. The number of nitrogens with one attached hydrogen (secondary N) is 3. The minimum absolute atomic E-state index is 0. The Morgan fingerprint density at radius 1 is 0.794 bits per heavy atom. The summed E-state index contributed by atoms with van der Waals surface area (Å²) in [7, 11) is -9.97. The second-order valence-electron chi connectivity index (χ2n) is 12.0. The molecule has 4 N–H and O–H groups in total. The van der Waals surface area contributed by atoms with Crippen LogP contribution in [0.3, 0.4) is 0 Å². The van der Waals surface area contributed by atoms with E-state index in [9.17, 15) is 40.7 Å². The number of anilines is 7. The van der Waals surface area contributed by atoms with E-state index in [1.165, 1.54) is 30.3 Å². The molecule has 23 nitrogen and oxygen atoms in total. The summed E-state index contributed by atoms with van der Waals surface area (Å²) >= 11 is 6.41. The van der Waals surface area contributed by atoms with E-state index in [1.807, 2.05) is 0 Å². The Bertz CT molecular complexity index is 2880. The van der Waals surface area contributed by atoms with Gasteiger partial charge in [0.15, 0.2) is 5.75 Å². The van der Waals surface area contributed by atoms with E-state index in [4.69, 9.17) is 16.3 Å². The number of hydrogen-bond donors (Lipinski definition) is 4. The molecule has 312 valence electrons. The monoisotopic (exact) mass is 970 g/mol. The fourth-order valence-corrected chi connectivity index (χ4v) is 7.26. The third-order valence-electron chi connectivity index (χ3n) is 8.08. The molecule has 0 spiro atoms. The van der Waals surface area contributed by atoms with E-state index in [0.29, 0.717) is 43.7 Å². The van der Waals surface area contributed by atoms with Crippen LogP contribution in [0.1, 0.15) is 0 Å². The van der Waals surface area contributed by atoms with Crippen molar-refractivity contribution in [1.82, 2.24) is 29.9 Å². The molecule has 0 radical (unpaired) electrons. The van der Waals surface area contributed by atoms with Crippen molar-refractivity contribution >= 4 is 107 Å². The summed E-state index contributed by atoms with van der Waals surface area (Å²) in [6.45, 7) is 1.67. The number of phenolic OH excluding ortho intramolecular Hbond substituents is 1. The summed E-state index contributed by atoms with van der Waals surface area (Å²) in [5.74, 6) is -1.06. The second-order valence-corrected chi connectivity index (χ2v) is 15.8. The van der Waals surface area contributed by atoms with E-state index in [0.717, 1.165) is 24.3 Å². The van der Waals surface area contributed by atoms with Crippen LogP contribution in [0.2, 0.25) is 5.28 Å². The van der Waals surface area contributed by atoms with Gasteiger partial charge in [-0.25, -0.2) is 16.8 Å². The molecule has 2 aromatic heterocycles. The van der Waals surface area contributed by atoms with Gasteiger partial charge in [-0.2, -0.15) is 38.6 Å². The fraction of sp³-hybridized carbons (Fsp3) is 0.125. The SMILES string of the molecule is O=S(=O)([O-])c1cccc(Nc2nc(Cl)nc(Nc3ccc(S(=O)(=O)[O-])c(N=Nc4c(SOO[O-])cc5ccc(Nc6nc(F)nc(N7CCOCC7)n6)cc5c4O)c3)n2)c1.[Na+].[Na+].[Na+]. The van der Waals surface area contributed by atoms with Crippen molar-refractivity contribution in [3.8, 4) is 5.75 Å². The van der Waals surface area contributed by atoms with Crippen molar-refractivity contribution < 1.29 is 143 Å². The van der Waals surface area contributed by atoms with Crippen molar-refractivity contribution in [2.75, 3.05) is 47.2 Å². The molecular formula is C32H23ClFN12Na3O11S3. The minimum atomic E-state index is -5.19. The van der Waals surface area contributed by atoms with Gasteiger partial charge in [-0.15, -0.1) is 10.2 Å². The van der Waals surface area contributed by atoms with Gasteiger partial charge in [0.1, 0.15) is 31.6 Å². The topological polar surface area (TPSA) is 327 Å². The Balaban J connectivity index is 0.00000290. The first kappa shape index (κ1) is 52.6. The summed E-state index contributed by atoms with van der Waals surface area (Å²) in [6, 6.07) is 14.0. The minimum Gasteiger partial charge on any atom is -0.744 e. The number of halogens is 2. The molecule has 3 heterocycles. The van der Waals surface area contributed by atoms with E-state index >= 15 is 0 Å². The van der Waals surface area contributed by atoms with Gasteiger partial charge in [-0.1, -0.05) is 12.1 Å². The molecule has 4 aromatic carbocycles. The molecule has 1 fully saturated rings. The summed E-state index contributed by atoms with van der Waals surface area (Å²) in [4.78, 5) is 24.1. The Morgan fingerprint density at radius 3 is 2.08 bits per heavy atom. The van der Waals surface area contributed by atoms with Gasteiger partial charge in [0.05, 0.1) is 39.9 Å². The third-order valence-corrected chi connectivity index (χ3v) is 10.6. The van der Waals surface area contributed by atoms with Crippen LogP contribution < -0.4 is 115 Å². The van der Waals surface area contributed by atoms with Crippen LogP contribution in [0.25, 0.3) is 10.8 Å². The van der Waals surface area contributed by atoms with Crippen LogP contribution in [-0.2, 0) is 34.3 Å². The zero-order chi connectivity index (χ0) is 42.6. The van der Waals surface area contributed by atoms with Crippen LogP contribution in [0.4, 0.5) is 56.6 Å². The standard InChI is InChI=1S/C32H26ClFN12O11S3.3Na/c33-27-38-29(35-17-2-1-3-20(13-17)59(49,50)51)42-30(39-27)37-19-6-7-24(60(52,53)54)22(15-19)44-45-25-23(58-57-56-48)12-16-4-5-18(14-21(16)26(25)47)36-31-40-28(34)41-32(43-31)46-8-10-55-11-9-46;;;/h1-7,12-15,47-48H,8-11H2,(H,49,50,51)(H,52,53,54)(H,36,40,41,43)(H2,35,37,38,39,42);;;/q;3*+1/p-3. The molecule has 31 heteroatoms. The predicted molar refractivity (Wildman–Crippen MR) is 204 cm³/mol. The molecule has 63 heavy (non-hydrogen) atoms. The molecule has 1 aliphatic heterocycles. The quantitative estimate of drug-likeness (QED) is 0.0199. The maximum Gasteiger partial charge on any atom is 1.00 e. The second kappa shape index (κ2) is 22.9. The number of aromatic hydroxyl groups is 1. The van der Waals surface area contributed by atoms with Crippen LogP contribution in [0, 0.1) is 6.08 Å². The van der Waals surface area contributed by atoms with Crippen molar-refractivity contribution in [1.29, 1.82) is 0 Å². The normalized spacial score (nSPS) is 12.9. The molecule has 6 aromatic rings. The largest absolute Gasteiger partial charge is 1.00 e. The maximum atomic E-state index is 14.4. The zero-order valence-electron chi connectivity index (χ0n) is 32.7. The average Bonchev–Trinajstić information content (AvgIpc) is 3.19. The van der Waals surface area contributed by atoms with E-state index in [-0.39, 0.29) is 151 Å². The number of nitrogens with zero attached hydrogens (tertiary/aromatic N) is 9. The fourth-order valence-electron chi connectivity index (χ4n) is 5.50. The van der Waals surface area contributed by atoms with Gasteiger partial charge in [-0.3, -0.25) is 5.04 Å². The molecule has 0 bridgehead atoms. The van der Waals surface area contributed by atoms with Gasteiger partial charge in [0.25, 0.3) is 0 Å². The number of benzene rings is 4.